The molecule has 0 spiro atoms. The summed E-state index contributed by atoms with van der Waals surface area (Å²) in [7, 11) is -3.67. The average Bonchev–Trinajstić information content (AvgIpc) is 2.48. The molecule has 122 valence electrons. The minimum atomic E-state index is -3.67. The van der Waals surface area contributed by atoms with Gasteiger partial charge in [0.1, 0.15) is 6.04 Å². The first kappa shape index (κ1) is 18.1. The number of benzene rings is 1. The van der Waals surface area contributed by atoms with E-state index in [-0.39, 0.29) is 10.5 Å². The van der Waals surface area contributed by atoms with Crippen LogP contribution < -0.4 is 5.32 Å². The lowest BCUT2D eigenvalue weighted by Gasteiger charge is -2.18. The monoisotopic (exact) mass is 328 g/mol. The molecule has 1 atom stereocenters. The molecule has 0 fully saturated rings. The van der Waals surface area contributed by atoms with E-state index in [9.17, 15) is 18.0 Å². The van der Waals surface area contributed by atoms with E-state index in [1.165, 1.54) is 35.5 Å². The minimum Gasteiger partial charge on any atom is -0.480 e. The summed E-state index contributed by atoms with van der Waals surface area (Å²) in [5.41, 5.74) is 0.0985. The highest BCUT2D eigenvalue weighted by atomic mass is 32.2. The highest BCUT2D eigenvalue weighted by Crippen LogP contribution is 2.17. The first-order valence-corrected chi connectivity index (χ1v) is 8.31. The number of hydrogen-bond donors (Lipinski definition) is 2. The molecule has 0 aromatic heterocycles. The number of hydrogen-bond acceptors (Lipinski definition) is 4. The van der Waals surface area contributed by atoms with Crippen LogP contribution in [0.3, 0.4) is 0 Å². The predicted octanol–water partition coefficient (Wildman–Crippen LogP) is 0.920. The topological polar surface area (TPSA) is 104 Å². The highest BCUT2D eigenvalue weighted by molar-refractivity contribution is 7.89. The van der Waals surface area contributed by atoms with Gasteiger partial charge in [-0.3, -0.25) is 9.59 Å². The number of nitrogens with one attached hydrogen (secondary N) is 1. The van der Waals surface area contributed by atoms with Crippen LogP contribution in [0, 0.1) is 0 Å². The van der Waals surface area contributed by atoms with E-state index in [1.54, 1.807) is 13.8 Å². The lowest BCUT2D eigenvalue weighted by Crippen LogP contribution is -2.38. The van der Waals surface area contributed by atoms with Crippen molar-refractivity contribution in [3.63, 3.8) is 0 Å². The smallest absolute Gasteiger partial charge is 0.325 e. The Morgan fingerprint density at radius 1 is 1.27 bits per heavy atom. The maximum absolute atomic E-state index is 12.4. The van der Waals surface area contributed by atoms with Crippen molar-refractivity contribution in [1.82, 2.24) is 9.62 Å². The molecule has 0 heterocycles. The summed E-state index contributed by atoms with van der Waals surface area (Å²) in [4.78, 5) is 22.7. The average molecular weight is 328 g/mol. The van der Waals surface area contributed by atoms with Gasteiger partial charge in [0.25, 0.3) is 5.91 Å². The summed E-state index contributed by atoms with van der Waals surface area (Å²) in [5, 5.41) is 11.1. The van der Waals surface area contributed by atoms with Crippen molar-refractivity contribution in [2.45, 2.75) is 31.7 Å². The molecule has 2 N–H and O–H groups in total. The zero-order valence-corrected chi connectivity index (χ0v) is 13.6. The van der Waals surface area contributed by atoms with E-state index in [2.05, 4.69) is 5.32 Å². The van der Waals surface area contributed by atoms with Gasteiger partial charge in [-0.15, -0.1) is 0 Å². The van der Waals surface area contributed by atoms with Gasteiger partial charge in [-0.05, 0) is 25.1 Å². The fourth-order valence-electron chi connectivity index (χ4n) is 1.85. The van der Waals surface area contributed by atoms with Crippen molar-refractivity contribution >= 4 is 21.9 Å². The van der Waals surface area contributed by atoms with Crippen molar-refractivity contribution < 1.29 is 23.1 Å². The zero-order chi connectivity index (χ0) is 16.9. The van der Waals surface area contributed by atoms with E-state index in [4.69, 9.17) is 5.11 Å². The van der Waals surface area contributed by atoms with E-state index < -0.39 is 27.9 Å². The Morgan fingerprint density at radius 2 is 1.86 bits per heavy atom. The normalized spacial score (nSPS) is 12.9. The third-order valence-corrected chi connectivity index (χ3v) is 5.20. The summed E-state index contributed by atoms with van der Waals surface area (Å²) in [5.74, 6) is -1.80. The van der Waals surface area contributed by atoms with E-state index in [1.807, 2.05) is 0 Å². The molecule has 0 saturated carbocycles. The number of aliphatic carboxylic acids is 1. The maximum Gasteiger partial charge on any atom is 0.325 e. The van der Waals surface area contributed by atoms with E-state index in [0.717, 1.165) is 0 Å². The van der Waals surface area contributed by atoms with Crippen molar-refractivity contribution in [3.8, 4) is 0 Å². The quantitative estimate of drug-likeness (QED) is 0.774. The summed E-state index contributed by atoms with van der Waals surface area (Å²) >= 11 is 0. The van der Waals surface area contributed by atoms with Crippen LogP contribution in [-0.4, -0.2) is 48.8 Å². The number of sulfonamides is 1. The second-order valence-corrected chi connectivity index (χ2v) is 6.59. The molecule has 0 aliphatic carbocycles. The van der Waals surface area contributed by atoms with Gasteiger partial charge in [0, 0.05) is 18.7 Å². The van der Waals surface area contributed by atoms with Gasteiger partial charge in [-0.2, -0.15) is 4.31 Å². The van der Waals surface area contributed by atoms with Crippen LogP contribution in [0.4, 0.5) is 0 Å². The van der Waals surface area contributed by atoms with Crippen LogP contribution in [0.15, 0.2) is 29.2 Å². The standard InChI is InChI=1S/C14H20N2O5S/c1-4-16(5-2)22(20,21)12-8-6-7-11(9-12)13(17)15-10(3)14(18)19/h6-10H,4-5H2,1-3H3,(H,15,17)(H,18,19)/t10-/m0/s1. The Hall–Kier alpha value is -1.93. The molecule has 0 aliphatic rings. The SMILES string of the molecule is CCN(CC)S(=O)(=O)c1cccc(C(=O)N[C@@H](C)C(=O)O)c1. The van der Waals surface area contributed by atoms with Gasteiger partial charge >= 0.3 is 5.97 Å². The van der Waals surface area contributed by atoms with Crippen LogP contribution in [-0.2, 0) is 14.8 Å². The van der Waals surface area contributed by atoms with Gasteiger partial charge in [0.2, 0.25) is 10.0 Å². The second kappa shape index (κ2) is 7.37. The Balaban J connectivity index is 3.09. The molecular formula is C14H20N2O5S. The van der Waals surface area contributed by atoms with Crippen LogP contribution >= 0.6 is 0 Å². The molecule has 0 radical (unpaired) electrons. The second-order valence-electron chi connectivity index (χ2n) is 4.65. The predicted molar refractivity (Wildman–Crippen MR) is 81.1 cm³/mol. The first-order valence-electron chi connectivity index (χ1n) is 6.87. The molecule has 0 aliphatic heterocycles. The molecule has 0 saturated heterocycles. The summed E-state index contributed by atoms with van der Waals surface area (Å²) in [6.07, 6.45) is 0. The lowest BCUT2D eigenvalue weighted by atomic mass is 10.2. The Bertz CT molecular complexity index is 653. The largest absolute Gasteiger partial charge is 0.480 e. The molecule has 7 nitrogen and oxygen atoms in total. The van der Waals surface area contributed by atoms with Gasteiger partial charge in [-0.1, -0.05) is 19.9 Å². The van der Waals surface area contributed by atoms with Crippen molar-refractivity contribution in [1.29, 1.82) is 0 Å². The molecule has 1 rings (SSSR count). The van der Waals surface area contributed by atoms with Crippen molar-refractivity contribution in [2.24, 2.45) is 0 Å². The van der Waals surface area contributed by atoms with E-state index in [0.29, 0.717) is 13.1 Å². The Morgan fingerprint density at radius 3 is 2.36 bits per heavy atom. The van der Waals surface area contributed by atoms with Crippen LogP contribution in [0.25, 0.3) is 0 Å². The number of carbonyl (C=O) groups excluding carboxylic acids is 1. The van der Waals surface area contributed by atoms with Crippen LogP contribution in [0.2, 0.25) is 0 Å². The van der Waals surface area contributed by atoms with Gasteiger partial charge in [0.05, 0.1) is 4.90 Å². The first-order chi connectivity index (χ1) is 10.2. The molecule has 8 heteroatoms. The third-order valence-electron chi connectivity index (χ3n) is 3.16. The fraction of sp³-hybridized carbons (Fsp3) is 0.429. The fourth-order valence-corrected chi connectivity index (χ4v) is 3.36. The summed E-state index contributed by atoms with van der Waals surface area (Å²) in [6.45, 7) is 5.44. The molecular weight excluding hydrogens is 308 g/mol. The highest BCUT2D eigenvalue weighted by Gasteiger charge is 2.23. The third kappa shape index (κ3) is 4.05. The Labute approximate surface area is 130 Å². The van der Waals surface area contributed by atoms with E-state index >= 15 is 0 Å². The summed E-state index contributed by atoms with van der Waals surface area (Å²) in [6, 6.07) is 4.49. The number of carboxylic acids is 1. The molecule has 0 bridgehead atoms. The van der Waals surface area contributed by atoms with Gasteiger partial charge < -0.3 is 10.4 Å². The summed E-state index contributed by atoms with van der Waals surface area (Å²) < 4.78 is 26.1. The van der Waals surface area contributed by atoms with Crippen LogP contribution in [0.5, 0.6) is 0 Å². The van der Waals surface area contributed by atoms with Gasteiger partial charge in [-0.25, -0.2) is 8.42 Å². The van der Waals surface area contributed by atoms with Crippen molar-refractivity contribution in [3.05, 3.63) is 29.8 Å². The number of rotatable bonds is 7. The molecule has 1 amide bonds. The molecule has 0 unspecified atom stereocenters. The number of amides is 1. The number of carbonyl (C=O) groups is 2. The number of nitrogens with zero attached hydrogens (tertiary/aromatic N) is 1. The maximum atomic E-state index is 12.4. The molecule has 1 aromatic carbocycles. The molecule has 1 aromatic rings. The van der Waals surface area contributed by atoms with Crippen molar-refractivity contribution in [2.75, 3.05) is 13.1 Å². The zero-order valence-electron chi connectivity index (χ0n) is 12.7. The minimum absolute atomic E-state index is 0.00632. The Kier molecular flexibility index (Phi) is 6.07. The molecule has 22 heavy (non-hydrogen) atoms. The van der Waals surface area contributed by atoms with Gasteiger partial charge in [0.15, 0.2) is 0 Å². The van der Waals surface area contributed by atoms with Crippen LogP contribution in [0.1, 0.15) is 31.1 Å². The lowest BCUT2D eigenvalue weighted by molar-refractivity contribution is -0.138. The number of carboxylic acid groups (broad SMARTS) is 1.